The Kier molecular flexibility index (Phi) is 5.28. The van der Waals surface area contributed by atoms with Crippen LogP contribution in [-0.2, 0) is 14.3 Å². The van der Waals surface area contributed by atoms with Crippen LogP contribution in [0.15, 0.2) is 29.2 Å². The zero-order valence-corrected chi connectivity index (χ0v) is 10.9. The highest BCUT2D eigenvalue weighted by atomic mass is 32.2. The summed E-state index contributed by atoms with van der Waals surface area (Å²) in [5.74, 6) is 0. The van der Waals surface area contributed by atoms with E-state index >= 15 is 0 Å². The fourth-order valence-corrected chi connectivity index (χ4v) is 2.20. The lowest BCUT2D eigenvalue weighted by molar-refractivity contribution is 0.145. The Morgan fingerprint density at radius 3 is 2.56 bits per heavy atom. The van der Waals surface area contributed by atoms with Crippen molar-refractivity contribution in [2.75, 3.05) is 6.61 Å². The lowest BCUT2D eigenvalue weighted by atomic mass is 10.2. The molecule has 0 bridgehead atoms. The van der Waals surface area contributed by atoms with Gasteiger partial charge < -0.3 is 5.11 Å². The van der Waals surface area contributed by atoms with Gasteiger partial charge in [-0.05, 0) is 25.5 Å². The summed E-state index contributed by atoms with van der Waals surface area (Å²) in [4.78, 5) is 0.0860. The molecule has 1 rings (SSSR count). The average molecular weight is 269 g/mol. The highest BCUT2D eigenvalue weighted by molar-refractivity contribution is 7.86. The zero-order chi connectivity index (χ0) is 13.6. The van der Waals surface area contributed by atoms with E-state index in [1.807, 2.05) is 6.92 Å². The van der Waals surface area contributed by atoms with E-state index in [4.69, 9.17) is 9.44 Å². The molecule has 0 amide bonds. The maximum Gasteiger partial charge on any atom is 0.296 e. The van der Waals surface area contributed by atoms with Crippen LogP contribution in [0, 0.1) is 18.3 Å². The molecular weight excluding hydrogens is 254 g/mol. The van der Waals surface area contributed by atoms with Gasteiger partial charge in [0.05, 0.1) is 30.1 Å². The number of rotatable bonds is 6. The molecule has 0 spiro atoms. The molecule has 1 aromatic rings. The number of nitriles is 1. The molecule has 98 valence electrons. The third-order valence-electron chi connectivity index (χ3n) is 2.33. The molecule has 18 heavy (non-hydrogen) atoms. The molecule has 5 nitrogen and oxygen atoms in total. The lowest BCUT2D eigenvalue weighted by Crippen LogP contribution is -2.13. The van der Waals surface area contributed by atoms with Crippen molar-refractivity contribution < 1.29 is 17.7 Å². The van der Waals surface area contributed by atoms with Crippen LogP contribution in [0.1, 0.15) is 18.4 Å². The standard InChI is InChI=1S/C12H15NO4S/c1-10-2-4-12(5-3-10)18(15,16)17-9-7-11(14)6-8-13/h2-5,11,14H,6-7,9H2,1H3. The average Bonchev–Trinajstić information content (AvgIpc) is 2.29. The first-order valence-corrected chi connectivity index (χ1v) is 6.87. The van der Waals surface area contributed by atoms with Crippen molar-refractivity contribution in [2.45, 2.75) is 30.8 Å². The second kappa shape index (κ2) is 6.50. The number of hydrogen-bond acceptors (Lipinski definition) is 5. The first-order valence-electron chi connectivity index (χ1n) is 5.47. The molecule has 0 heterocycles. The number of aliphatic hydroxyl groups is 1. The number of hydrogen-bond donors (Lipinski definition) is 1. The summed E-state index contributed by atoms with van der Waals surface area (Å²) in [6.45, 7) is 1.72. The van der Waals surface area contributed by atoms with Crippen LogP contribution in [0.25, 0.3) is 0 Å². The molecule has 0 aliphatic carbocycles. The summed E-state index contributed by atoms with van der Waals surface area (Å²) in [5, 5.41) is 17.6. The maximum atomic E-state index is 11.7. The van der Waals surface area contributed by atoms with Crippen molar-refractivity contribution in [1.82, 2.24) is 0 Å². The van der Waals surface area contributed by atoms with Gasteiger partial charge in [-0.1, -0.05) is 17.7 Å². The van der Waals surface area contributed by atoms with E-state index in [1.165, 1.54) is 12.1 Å². The molecule has 0 radical (unpaired) electrons. The number of nitrogens with zero attached hydrogens (tertiary/aromatic N) is 1. The van der Waals surface area contributed by atoms with Gasteiger partial charge in [-0.2, -0.15) is 13.7 Å². The van der Waals surface area contributed by atoms with Crippen LogP contribution in [-0.4, -0.2) is 26.2 Å². The lowest BCUT2D eigenvalue weighted by Gasteiger charge is -2.08. The first kappa shape index (κ1) is 14.6. The summed E-state index contributed by atoms with van der Waals surface area (Å²) >= 11 is 0. The van der Waals surface area contributed by atoms with Crippen molar-refractivity contribution in [3.8, 4) is 6.07 Å². The molecule has 0 aromatic heterocycles. The van der Waals surface area contributed by atoms with E-state index in [-0.39, 0.29) is 24.3 Å². The predicted octanol–water partition coefficient (Wildman–Crippen LogP) is 1.36. The van der Waals surface area contributed by atoms with Crippen LogP contribution in [0.4, 0.5) is 0 Å². The van der Waals surface area contributed by atoms with Crippen molar-refractivity contribution in [3.63, 3.8) is 0 Å². The minimum absolute atomic E-state index is 0.0338. The van der Waals surface area contributed by atoms with Crippen LogP contribution >= 0.6 is 0 Å². The van der Waals surface area contributed by atoms with Gasteiger partial charge in [0.15, 0.2) is 0 Å². The highest BCUT2D eigenvalue weighted by Crippen LogP contribution is 2.13. The van der Waals surface area contributed by atoms with Crippen molar-refractivity contribution in [1.29, 1.82) is 5.26 Å². The van der Waals surface area contributed by atoms with Gasteiger partial charge >= 0.3 is 0 Å². The Hall–Kier alpha value is -1.42. The van der Waals surface area contributed by atoms with Gasteiger partial charge in [0.1, 0.15) is 0 Å². The van der Waals surface area contributed by atoms with E-state index in [0.717, 1.165) is 5.56 Å². The molecule has 0 fully saturated rings. The van der Waals surface area contributed by atoms with Gasteiger partial charge in [-0.15, -0.1) is 0 Å². The Morgan fingerprint density at radius 1 is 1.39 bits per heavy atom. The molecule has 1 atom stereocenters. The van der Waals surface area contributed by atoms with Crippen LogP contribution in [0.5, 0.6) is 0 Å². The van der Waals surface area contributed by atoms with Gasteiger partial charge in [0.2, 0.25) is 0 Å². The summed E-state index contributed by atoms with van der Waals surface area (Å²) < 4.78 is 28.2. The van der Waals surface area contributed by atoms with Gasteiger partial charge in [0.25, 0.3) is 10.1 Å². The van der Waals surface area contributed by atoms with E-state index < -0.39 is 16.2 Å². The summed E-state index contributed by atoms with van der Waals surface area (Å²) in [6.07, 6.45) is -0.782. The second-order valence-electron chi connectivity index (χ2n) is 3.89. The maximum absolute atomic E-state index is 11.7. The molecule has 1 aromatic carbocycles. The summed E-state index contributed by atoms with van der Waals surface area (Å²) in [6, 6.07) is 8.10. The minimum Gasteiger partial charge on any atom is -0.392 e. The summed E-state index contributed by atoms with van der Waals surface area (Å²) in [7, 11) is -3.78. The Morgan fingerprint density at radius 2 is 2.00 bits per heavy atom. The Balaban J connectivity index is 2.56. The molecule has 0 saturated carbocycles. The van der Waals surface area contributed by atoms with Crippen molar-refractivity contribution >= 4 is 10.1 Å². The minimum atomic E-state index is -3.78. The third kappa shape index (κ3) is 4.45. The van der Waals surface area contributed by atoms with E-state index in [9.17, 15) is 13.5 Å². The fourth-order valence-electron chi connectivity index (χ4n) is 1.27. The number of aliphatic hydroxyl groups excluding tert-OH is 1. The number of benzene rings is 1. The first-order chi connectivity index (χ1) is 8.45. The molecule has 1 unspecified atom stereocenters. The summed E-state index contributed by atoms with van der Waals surface area (Å²) in [5.41, 5.74) is 0.957. The Labute approximate surface area is 107 Å². The van der Waals surface area contributed by atoms with Crippen LogP contribution < -0.4 is 0 Å². The molecule has 0 saturated heterocycles. The van der Waals surface area contributed by atoms with Crippen molar-refractivity contribution in [2.24, 2.45) is 0 Å². The topological polar surface area (TPSA) is 87.4 Å². The molecule has 6 heteroatoms. The number of aryl methyl sites for hydroxylation is 1. The SMILES string of the molecule is Cc1ccc(S(=O)(=O)OCCC(O)CC#N)cc1. The molecule has 0 aliphatic rings. The van der Waals surface area contributed by atoms with Crippen LogP contribution in [0.2, 0.25) is 0 Å². The second-order valence-corrected chi connectivity index (χ2v) is 5.51. The van der Waals surface area contributed by atoms with E-state index in [2.05, 4.69) is 0 Å². The van der Waals surface area contributed by atoms with Crippen LogP contribution in [0.3, 0.4) is 0 Å². The largest absolute Gasteiger partial charge is 0.392 e. The van der Waals surface area contributed by atoms with E-state index in [0.29, 0.717) is 0 Å². The van der Waals surface area contributed by atoms with E-state index in [1.54, 1.807) is 18.2 Å². The normalized spacial score (nSPS) is 12.9. The monoisotopic (exact) mass is 269 g/mol. The van der Waals surface area contributed by atoms with Gasteiger partial charge in [-0.25, -0.2) is 0 Å². The predicted molar refractivity (Wildman–Crippen MR) is 65.2 cm³/mol. The van der Waals surface area contributed by atoms with Crippen molar-refractivity contribution in [3.05, 3.63) is 29.8 Å². The Bertz CT molecular complexity index is 516. The van der Waals surface area contributed by atoms with Gasteiger partial charge in [-0.3, -0.25) is 4.18 Å². The highest BCUT2D eigenvalue weighted by Gasteiger charge is 2.15. The molecule has 0 aliphatic heterocycles. The quantitative estimate of drug-likeness (QED) is 0.788. The fraction of sp³-hybridized carbons (Fsp3) is 0.417. The third-order valence-corrected chi connectivity index (χ3v) is 3.65. The smallest absolute Gasteiger partial charge is 0.296 e. The van der Waals surface area contributed by atoms with Gasteiger partial charge in [0, 0.05) is 0 Å². The zero-order valence-electron chi connectivity index (χ0n) is 10.0. The molecule has 1 N–H and O–H groups in total. The molecular formula is C12H15NO4S.